The summed E-state index contributed by atoms with van der Waals surface area (Å²) in [7, 11) is 0. The molecule has 0 aliphatic carbocycles. The van der Waals surface area contributed by atoms with E-state index in [1.54, 1.807) is 18.2 Å². The van der Waals surface area contributed by atoms with E-state index in [0.717, 1.165) is 11.6 Å². The lowest BCUT2D eigenvalue weighted by Crippen LogP contribution is -2.08. The van der Waals surface area contributed by atoms with Gasteiger partial charge in [0.15, 0.2) is 0 Å². The summed E-state index contributed by atoms with van der Waals surface area (Å²) in [4.78, 5) is 33.5. The number of carbonyl (C=O) groups is 3. The zero-order valence-corrected chi connectivity index (χ0v) is 13.1. The number of nitrogens with one attached hydrogen (secondary N) is 2. The van der Waals surface area contributed by atoms with E-state index in [4.69, 9.17) is 10.2 Å². The molecule has 2 aromatic rings. The topological polar surface area (TPSA) is 116 Å². The summed E-state index contributed by atoms with van der Waals surface area (Å²) in [6, 6.07) is 8.99. The van der Waals surface area contributed by atoms with Crippen LogP contribution in [0.25, 0.3) is 0 Å². The largest absolute Gasteiger partial charge is 0.478 e. The van der Waals surface area contributed by atoms with E-state index < -0.39 is 11.9 Å². The standard InChI is InChI=1S/C17H16N2O5/c1-9-3-4-13(8-15(9)18-10(2)20)19-14-6-11(16(21)22)5-12(7-14)17(23)24/h3-8,19H,1-2H3,(H,18,20)(H,21,22)(H,23,24). The second-order valence-electron chi connectivity index (χ2n) is 5.25. The number of hydrogen-bond donors (Lipinski definition) is 4. The molecule has 0 aliphatic rings. The highest BCUT2D eigenvalue weighted by Crippen LogP contribution is 2.25. The molecule has 4 N–H and O–H groups in total. The van der Waals surface area contributed by atoms with E-state index >= 15 is 0 Å². The zero-order chi connectivity index (χ0) is 17.9. The number of hydrogen-bond acceptors (Lipinski definition) is 4. The van der Waals surface area contributed by atoms with Gasteiger partial charge in [-0.15, -0.1) is 0 Å². The van der Waals surface area contributed by atoms with Crippen molar-refractivity contribution < 1.29 is 24.6 Å². The fourth-order valence-electron chi connectivity index (χ4n) is 2.14. The molecule has 2 aromatic carbocycles. The number of carboxylic acid groups (broad SMARTS) is 2. The first-order valence-corrected chi connectivity index (χ1v) is 7.03. The first kappa shape index (κ1) is 17.0. The molecule has 7 heteroatoms. The van der Waals surface area contributed by atoms with Crippen molar-refractivity contribution in [2.75, 3.05) is 10.6 Å². The number of aromatic carboxylic acids is 2. The third-order valence-corrected chi connectivity index (χ3v) is 3.26. The van der Waals surface area contributed by atoms with Crippen LogP contribution in [0.1, 0.15) is 33.2 Å². The van der Waals surface area contributed by atoms with Gasteiger partial charge in [-0.25, -0.2) is 9.59 Å². The lowest BCUT2D eigenvalue weighted by Gasteiger charge is -2.12. The summed E-state index contributed by atoms with van der Waals surface area (Å²) >= 11 is 0. The van der Waals surface area contributed by atoms with E-state index in [2.05, 4.69) is 10.6 Å². The predicted molar refractivity (Wildman–Crippen MR) is 89.1 cm³/mol. The minimum absolute atomic E-state index is 0.133. The molecule has 124 valence electrons. The zero-order valence-electron chi connectivity index (χ0n) is 13.1. The Hall–Kier alpha value is -3.35. The van der Waals surface area contributed by atoms with Gasteiger partial charge < -0.3 is 20.8 Å². The number of anilines is 3. The van der Waals surface area contributed by atoms with Gasteiger partial charge in [0.1, 0.15) is 0 Å². The van der Waals surface area contributed by atoms with Crippen LogP contribution >= 0.6 is 0 Å². The smallest absolute Gasteiger partial charge is 0.335 e. The lowest BCUT2D eigenvalue weighted by molar-refractivity contribution is -0.114. The quantitative estimate of drug-likeness (QED) is 0.670. The predicted octanol–water partition coefficient (Wildman–Crippen LogP) is 3.09. The third kappa shape index (κ3) is 4.10. The molecular weight excluding hydrogens is 312 g/mol. The Bertz CT molecular complexity index is 797. The summed E-state index contributed by atoms with van der Waals surface area (Å²) in [6.07, 6.45) is 0. The molecule has 7 nitrogen and oxygen atoms in total. The van der Waals surface area contributed by atoms with Gasteiger partial charge in [0.2, 0.25) is 5.91 Å². The maximum Gasteiger partial charge on any atom is 0.335 e. The van der Waals surface area contributed by atoms with Crippen molar-refractivity contribution >= 4 is 34.9 Å². The van der Waals surface area contributed by atoms with Crippen molar-refractivity contribution in [2.45, 2.75) is 13.8 Å². The molecule has 0 spiro atoms. The van der Waals surface area contributed by atoms with E-state index in [0.29, 0.717) is 17.1 Å². The van der Waals surface area contributed by atoms with Crippen molar-refractivity contribution in [3.63, 3.8) is 0 Å². The summed E-state index contributed by atoms with van der Waals surface area (Å²) in [6.45, 7) is 3.23. The van der Waals surface area contributed by atoms with Crippen LogP contribution < -0.4 is 10.6 Å². The number of carboxylic acids is 2. The average molecular weight is 328 g/mol. The van der Waals surface area contributed by atoms with E-state index in [-0.39, 0.29) is 17.0 Å². The molecule has 0 saturated carbocycles. The third-order valence-electron chi connectivity index (χ3n) is 3.26. The molecule has 0 saturated heterocycles. The highest BCUT2D eigenvalue weighted by atomic mass is 16.4. The highest BCUT2D eigenvalue weighted by Gasteiger charge is 2.12. The highest BCUT2D eigenvalue weighted by molar-refractivity contribution is 5.96. The summed E-state index contributed by atoms with van der Waals surface area (Å²) in [5.41, 5.74) is 2.12. The molecule has 0 heterocycles. The molecule has 0 unspecified atom stereocenters. The molecule has 1 amide bonds. The Morgan fingerprint density at radius 1 is 0.875 bits per heavy atom. The summed E-state index contributed by atoms with van der Waals surface area (Å²) < 4.78 is 0. The van der Waals surface area contributed by atoms with Crippen molar-refractivity contribution in [3.05, 3.63) is 53.1 Å². The number of benzene rings is 2. The Labute approximate surface area is 137 Å². The van der Waals surface area contributed by atoms with Gasteiger partial charge in [-0.1, -0.05) is 6.07 Å². The fraction of sp³-hybridized carbons (Fsp3) is 0.118. The fourth-order valence-corrected chi connectivity index (χ4v) is 2.14. The summed E-state index contributed by atoms with van der Waals surface area (Å²) in [5, 5.41) is 23.8. The number of rotatable bonds is 5. The minimum atomic E-state index is -1.22. The maximum absolute atomic E-state index is 11.2. The Kier molecular flexibility index (Phi) is 4.84. The molecule has 0 fully saturated rings. The second-order valence-corrected chi connectivity index (χ2v) is 5.25. The van der Waals surface area contributed by atoms with Crippen LogP contribution in [-0.4, -0.2) is 28.1 Å². The number of amides is 1. The lowest BCUT2D eigenvalue weighted by atomic mass is 10.1. The molecule has 0 aromatic heterocycles. The van der Waals surface area contributed by atoms with Gasteiger partial charge in [0, 0.05) is 24.0 Å². The molecule has 24 heavy (non-hydrogen) atoms. The summed E-state index contributed by atoms with van der Waals surface area (Å²) in [5.74, 6) is -2.65. The van der Waals surface area contributed by atoms with Crippen molar-refractivity contribution in [1.82, 2.24) is 0 Å². The van der Waals surface area contributed by atoms with Crippen LogP contribution in [0.2, 0.25) is 0 Å². The van der Waals surface area contributed by atoms with Gasteiger partial charge in [-0.05, 0) is 42.8 Å². The van der Waals surface area contributed by atoms with Crippen LogP contribution in [0.5, 0.6) is 0 Å². The van der Waals surface area contributed by atoms with Gasteiger partial charge in [-0.2, -0.15) is 0 Å². The Morgan fingerprint density at radius 2 is 1.46 bits per heavy atom. The van der Waals surface area contributed by atoms with Gasteiger partial charge in [0.05, 0.1) is 11.1 Å². The van der Waals surface area contributed by atoms with Gasteiger partial charge in [-0.3, -0.25) is 4.79 Å². The maximum atomic E-state index is 11.2. The molecule has 0 aliphatic heterocycles. The minimum Gasteiger partial charge on any atom is -0.478 e. The van der Waals surface area contributed by atoms with Crippen molar-refractivity contribution in [3.8, 4) is 0 Å². The normalized spacial score (nSPS) is 10.1. The second kappa shape index (κ2) is 6.82. The van der Waals surface area contributed by atoms with E-state index in [9.17, 15) is 14.4 Å². The van der Waals surface area contributed by atoms with Crippen LogP contribution in [-0.2, 0) is 4.79 Å². The van der Waals surface area contributed by atoms with E-state index in [1.807, 2.05) is 6.92 Å². The SMILES string of the molecule is CC(=O)Nc1cc(Nc2cc(C(=O)O)cc(C(=O)O)c2)ccc1C. The van der Waals surface area contributed by atoms with E-state index in [1.165, 1.54) is 19.1 Å². The first-order valence-electron chi connectivity index (χ1n) is 7.03. The average Bonchev–Trinajstić information content (AvgIpc) is 2.49. The number of carbonyl (C=O) groups excluding carboxylic acids is 1. The Balaban J connectivity index is 2.38. The van der Waals surface area contributed by atoms with Crippen LogP contribution in [0, 0.1) is 6.92 Å². The molecule has 0 atom stereocenters. The Morgan fingerprint density at radius 3 is 1.96 bits per heavy atom. The molecule has 0 radical (unpaired) electrons. The first-order chi connectivity index (χ1) is 11.3. The van der Waals surface area contributed by atoms with Crippen LogP contribution in [0.4, 0.5) is 17.1 Å². The molecule has 0 bridgehead atoms. The monoisotopic (exact) mass is 328 g/mol. The van der Waals surface area contributed by atoms with Gasteiger partial charge in [0.25, 0.3) is 0 Å². The van der Waals surface area contributed by atoms with Gasteiger partial charge >= 0.3 is 11.9 Å². The van der Waals surface area contributed by atoms with Crippen LogP contribution in [0.15, 0.2) is 36.4 Å². The van der Waals surface area contributed by atoms with Crippen molar-refractivity contribution in [2.24, 2.45) is 0 Å². The van der Waals surface area contributed by atoms with Crippen molar-refractivity contribution in [1.29, 1.82) is 0 Å². The number of aryl methyl sites for hydroxylation is 1. The van der Waals surface area contributed by atoms with Crippen LogP contribution in [0.3, 0.4) is 0 Å². The molecule has 2 rings (SSSR count). The molecular formula is C17H16N2O5.